The van der Waals surface area contributed by atoms with E-state index >= 15 is 0 Å². The van der Waals surface area contributed by atoms with E-state index in [-0.39, 0.29) is 16.9 Å². The van der Waals surface area contributed by atoms with Crippen LogP contribution in [0.3, 0.4) is 0 Å². The van der Waals surface area contributed by atoms with Crippen molar-refractivity contribution in [1.82, 2.24) is 9.78 Å². The molecule has 0 fully saturated rings. The Bertz CT molecular complexity index is 892. The van der Waals surface area contributed by atoms with Crippen LogP contribution in [0.1, 0.15) is 10.4 Å². The van der Waals surface area contributed by atoms with E-state index in [1.807, 2.05) is 0 Å². The first-order valence-electron chi connectivity index (χ1n) is 6.90. The van der Waals surface area contributed by atoms with Crippen molar-refractivity contribution in [1.29, 1.82) is 0 Å². The number of non-ortho nitro benzene ring substituents is 1. The van der Waals surface area contributed by atoms with Gasteiger partial charge in [0.2, 0.25) is 0 Å². The van der Waals surface area contributed by atoms with Gasteiger partial charge in [-0.2, -0.15) is 5.10 Å². The Morgan fingerprint density at radius 1 is 1.21 bits per heavy atom. The van der Waals surface area contributed by atoms with Gasteiger partial charge >= 0.3 is 0 Å². The van der Waals surface area contributed by atoms with E-state index in [0.29, 0.717) is 0 Å². The second kappa shape index (κ2) is 6.29. The Kier molecular flexibility index (Phi) is 4.02. The second-order valence-electron chi connectivity index (χ2n) is 4.87. The van der Waals surface area contributed by atoms with Crippen molar-refractivity contribution < 1.29 is 14.1 Å². The van der Waals surface area contributed by atoms with Gasteiger partial charge in [-0.05, 0) is 36.4 Å². The molecule has 3 rings (SSSR count). The summed E-state index contributed by atoms with van der Waals surface area (Å²) in [5.41, 5.74) is 0.501. The molecule has 0 atom stereocenters. The molecule has 1 N–H and O–H groups in total. The van der Waals surface area contributed by atoms with Gasteiger partial charge in [0.1, 0.15) is 5.82 Å². The maximum absolute atomic E-state index is 13.7. The molecule has 0 aliphatic heterocycles. The Morgan fingerprint density at radius 3 is 2.58 bits per heavy atom. The Morgan fingerprint density at radius 2 is 1.96 bits per heavy atom. The third-order valence-corrected chi connectivity index (χ3v) is 3.31. The summed E-state index contributed by atoms with van der Waals surface area (Å²) in [5, 5.41) is 17.1. The maximum Gasteiger partial charge on any atom is 0.271 e. The quantitative estimate of drug-likeness (QED) is 0.589. The lowest BCUT2D eigenvalue weighted by Crippen LogP contribution is -2.13. The highest BCUT2D eigenvalue weighted by atomic mass is 19.1. The molecule has 0 aliphatic rings. The molecule has 3 aromatic rings. The molecule has 8 heteroatoms. The lowest BCUT2D eigenvalue weighted by atomic mass is 10.2. The number of carbonyl (C=O) groups excluding carboxylic acids is 1. The van der Waals surface area contributed by atoms with Crippen molar-refractivity contribution in [2.24, 2.45) is 0 Å². The van der Waals surface area contributed by atoms with Gasteiger partial charge in [-0.15, -0.1) is 0 Å². The smallest absolute Gasteiger partial charge is 0.271 e. The number of aromatic nitrogens is 2. The van der Waals surface area contributed by atoms with Crippen LogP contribution < -0.4 is 5.32 Å². The number of hydrogen-bond acceptors (Lipinski definition) is 4. The molecular formula is C16H11FN4O3. The molecule has 120 valence electrons. The van der Waals surface area contributed by atoms with Gasteiger partial charge in [-0.1, -0.05) is 0 Å². The van der Waals surface area contributed by atoms with E-state index in [0.717, 1.165) is 23.9 Å². The molecule has 0 unspecified atom stereocenters. The molecule has 1 amide bonds. The molecule has 0 bridgehead atoms. The highest BCUT2D eigenvalue weighted by molar-refractivity contribution is 6.04. The van der Waals surface area contributed by atoms with Crippen LogP contribution in [0.5, 0.6) is 0 Å². The fraction of sp³-hybridized carbons (Fsp3) is 0. The largest absolute Gasteiger partial charge is 0.319 e. The topological polar surface area (TPSA) is 90.1 Å². The lowest BCUT2D eigenvalue weighted by Gasteiger charge is -2.07. The number of rotatable bonds is 4. The zero-order valence-electron chi connectivity index (χ0n) is 12.2. The summed E-state index contributed by atoms with van der Waals surface area (Å²) in [5.74, 6) is -1.32. The lowest BCUT2D eigenvalue weighted by molar-refractivity contribution is -0.384. The summed E-state index contributed by atoms with van der Waals surface area (Å²) in [6.07, 6.45) is 3.39. The average Bonchev–Trinajstić information content (AvgIpc) is 3.11. The predicted molar refractivity (Wildman–Crippen MR) is 84.6 cm³/mol. The summed E-state index contributed by atoms with van der Waals surface area (Å²) in [7, 11) is 0. The van der Waals surface area contributed by atoms with Crippen LogP contribution in [0.25, 0.3) is 5.69 Å². The minimum absolute atomic E-state index is 0.245. The van der Waals surface area contributed by atoms with E-state index in [1.165, 1.54) is 0 Å². The number of hydrogen-bond donors (Lipinski definition) is 1. The number of nitro groups is 1. The Labute approximate surface area is 135 Å². The van der Waals surface area contributed by atoms with Crippen molar-refractivity contribution in [3.8, 4) is 5.69 Å². The first kappa shape index (κ1) is 15.3. The minimum atomic E-state index is -0.748. The van der Waals surface area contributed by atoms with Gasteiger partial charge < -0.3 is 5.32 Å². The van der Waals surface area contributed by atoms with E-state index in [2.05, 4.69) is 10.4 Å². The Balaban J connectivity index is 1.80. The first-order valence-corrected chi connectivity index (χ1v) is 6.90. The van der Waals surface area contributed by atoms with Crippen LogP contribution in [0.4, 0.5) is 15.8 Å². The van der Waals surface area contributed by atoms with E-state index in [4.69, 9.17) is 0 Å². The number of halogens is 1. The van der Waals surface area contributed by atoms with Crippen LogP contribution in [0.2, 0.25) is 0 Å². The first-order chi connectivity index (χ1) is 11.5. The second-order valence-corrected chi connectivity index (χ2v) is 4.87. The zero-order valence-corrected chi connectivity index (χ0v) is 12.2. The van der Waals surface area contributed by atoms with Crippen LogP contribution in [-0.2, 0) is 0 Å². The fourth-order valence-electron chi connectivity index (χ4n) is 2.10. The molecule has 0 saturated carbocycles. The average molecular weight is 326 g/mol. The van der Waals surface area contributed by atoms with Gasteiger partial charge in [0.05, 0.1) is 16.3 Å². The monoisotopic (exact) mass is 326 g/mol. The summed E-state index contributed by atoms with van der Waals surface area (Å²) in [4.78, 5) is 22.2. The molecule has 0 aliphatic carbocycles. The predicted octanol–water partition coefficient (Wildman–Crippen LogP) is 3.17. The normalized spacial score (nSPS) is 10.4. The van der Waals surface area contributed by atoms with E-state index in [9.17, 15) is 19.3 Å². The minimum Gasteiger partial charge on any atom is -0.319 e. The number of nitrogens with one attached hydrogen (secondary N) is 1. The summed E-state index contributed by atoms with van der Waals surface area (Å²) >= 11 is 0. The van der Waals surface area contributed by atoms with E-state index < -0.39 is 16.6 Å². The summed E-state index contributed by atoms with van der Waals surface area (Å²) in [6.45, 7) is 0. The zero-order chi connectivity index (χ0) is 17.1. The van der Waals surface area contributed by atoms with Crippen LogP contribution >= 0.6 is 0 Å². The number of nitro benzene ring substituents is 1. The molecule has 0 saturated heterocycles. The number of nitrogens with zero attached hydrogens (tertiary/aromatic N) is 3. The molecule has 0 spiro atoms. The highest BCUT2D eigenvalue weighted by Gasteiger charge is 2.14. The summed E-state index contributed by atoms with van der Waals surface area (Å²) < 4.78 is 15.3. The van der Waals surface area contributed by atoms with Crippen LogP contribution in [-0.4, -0.2) is 20.6 Å². The van der Waals surface area contributed by atoms with Crippen molar-refractivity contribution >= 4 is 17.3 Å². The van der Waals surface area contributed by atoms with E-state index in [1.54, 1.807) is 47.4 Å². The van der Waals surface area contributed by atoms with Gasteiger partial charge in [0, 0.05) is 30.1 Å². The third-order valence-electron chi connectivity index (χ3n) is 3.31. The van der Waals surface area contributed by atoms with Crippen molar-refractivity contribution in [2.75, 3.05) is 5.32 Å². The molecule has 24 heavy (non-hydrogen) atoms. The summed E-state index contributed by atoms with van der Waals surface area (Å²) in [6, 6.07) is 11.2. The number of carbonyl (C=O) groups is 1. The number of amides is 1. The van der Waals surface area contributed by atoms with Gasteiger partial charge in [-0.25, -0.2) is 9.07 Å². The standard InChI is InChI=1S/C16H11FN4O3/c17-14-7-6-13(21(23)24)10-15(14)19-16(22)11-2-4-12(5-3-11)20-9-1-8-18-20/h1-10H,(H,19,22). The molecule has 7 nitrogen and oxygen atoms in total. The molecule has 1 aromatic heterocycles. The fourth-order valence-corrected chi connectivity index (χ4v) is 2.10. The highest BCUT2D eigenvalue weighted by Crippen LogP contribution is 2.22. The molecule has 2 aromatic carbocycles. The van der Waals surface area contributed by atoms with Crippen LogP contribution in [0.15, 0.2) is 60.9 Å². The third kappa shape index (κ3) is 3.12. The van der Waals surface area contributed by atoms with Crippen molar-refractivity contribution in [3.63, 3.8) is 0 Å². The Hall–Kier alpha value is -3.55. The molecule has 0 radical (unpaired) electrons. The van der Waals surface area contributed by atoms with Gasteiger partial charge in [-0.3, -0.25) is 14.9 Å². The van der Waals surface area contributed by atoms with Gasteiger partial charge in [0.15, 0.2) is 0 Å². The maximum atomic E-state index is 13.7. The van der Waals surface area contributed by atoms with Gasteiger partial charge in [0.25, 0.3) is 11.6 Å². The number of anilines is 1. The van der Waals surface area contributed by atoms with Crippen LogP contribution in [0, 0.1) is 15.9 Å². The molecule has 1 heterocycles. The number of benzene rings is 2. The van der Waals surface area contributed by atoms with Crippen molar-refractivity contribution in [2.45, 2.75) is 0 Å². The molecular weight excluding hydrogens is 315 g/mol. The SMILES string of the molecule is O=C(Nc1cc([N+](=O)[O-])ccc1F)c1ccc(-n2cccn2)cc1. The van der Waals surface area contributed by atoms with Crippen molar-refractivity contribution in [3.05, 3.63) is 82.4 Å².